The Hall–Kier alpha value is -1.50. The summed E-state index contributed by atoms with van der Waals surface area (Å²) in [6.45, 7) is 2.08. The SMILES string of the molecule is Cc1ccccc1.c1cc[nH]c1. The van der Waals surface area contributed by atoms with Crippen molar-refractivity contribution in [3.05, 3.63) is 60.4 Å². The zero-order chi connectivity index (χ0) is 8.65. The lowest BCUT2D eigenvalue weighted by molar-refractivity contribution is 1.42. The summed E-state index contributed by atoms with van der Waals surface area (Å²) < 4.78 is 0. The Kier molecular flexibility index (Phi) is 3.72. The molecule has 0 saturated carbocycles. The Morgan fingerprint density at radius 3 is 1.67 bits per heavy atom. The predicted octanol–water partition coefficient (Wildman–Crippen LogP) is 3.01. The maximum atomic E-state index is 2.86. The molecule has 0 amide bonds. The number of H-pyrrole nitrogens is 1. The summed E-state index contributed by atoms with van der Waals surface area (Å²) in [6.07, 6.45) is 3.75. The average molecular weight is 159 g/mol. The van der Waals surface area contributed by atoms with E-state index in [1.165, 1.54) is 5.56 Å². The minimum Gasteiger partial charge on any atom is -0.368 e. The van der Waals surface area contributed by atoms with Gasteiger partial charge >= 0.3 is 0 Å². The van der Waals surface area contributed by atoms with Crippen molar-refractivity contribution in [2.75, 3.05) is 0 Å². The molecule has 0 atom stereocenters. The Morgan fingerprint density at radius 1 is 0.833 bits per heavy atom. The first-order chi connectivity index (χ1) is 5.89. The van der Waals surface area contributed by atoms with E-state index < -0.39 is 0 Å². The zero-order valence-corrected chi connectivity index (χ0v) is 7.20. The van der Waals surface area contributed by atoms with Crippen LogP contribution in [0.4, 0.5) is 0 Å². The maximum absolute atomic E-state index is 2.86. The third-order valence-electron chi connectivity index (χ3n) is 1.44. The molecule has 0 spiro atoms. The van der Waals surface area contributed by atoms with Gasteiger partial charge in [0.1, 0.15) is 0 Å². The molecule has 1 N–H and O–H groups in total. The largest absolute Gasteiger partial charge is 0.368 e. The number of benzene rings is 1. The number of hydrogen-bond donors (Lipinski definition) is 1. The molecular weight excluding hydrogens is 146 g/mol. The molecule has 1 aromatic heterocycles. The van der Waals surface area contributed by atoms with Gasteiger partial charge in [0.25, 0.3) is 0 Å². The molecular formula is C11H13N. The molecule has 1 nitrogen and oxygen atoms in total. The first-order valence-corrected chi connectivity index (χ1v) is 3.99. The summed E-state index contributed by atoms with van der Waals surface area (Å²) in [4.78, 5) is 2.86. The first kappa shape index (κ1) is 8.60. The van der Waals surface area contributed by atoms with Gasteiger partial charge in [-0.05, 0) is 19.1 Å². The van der Waals surface area contributed by atoms with Crippen LogP contribution in [0.15, 0.2) is 54.9 Å². The highest BCUT2D eigenvalue weighted by molar-refractivity contribution is 5.11. The van der Waals surface area contributed by atoms with Gasteiger partial charge in [0.15, 0.2) is 0 Å². The molecule has 0 bridgehead atoms. The van der Waals surface area contributed by atoms with Crippen LogP contribution in [0.2, 0.25) is 0 Å². The van der Waals surface area contributed by atoms with Crippen molar-refractivity contribution in [3.8, 4) is 0 Å². The van der Waals surface area contributed by atoms with Crippen LogP contribution in [0.1, 0.15) is 5.56 Å². The van der Waals surface area contributed by atoms with Crippen LogP contribution >= 0.6 is 0 Å². The van der Waals surface area contributed by atoms with Crippen molar-refractivity contribution >= 4 is 0 Å². The lowest BCUT2D eigenvalue weighted by atomic mass is 10.2. The van der Waals surface area contributed by atoms with Crippen LogP contribution < -0.4 is 0 Å². The van der Waals surface area contributed by atoms with Crippen molar-refractivity contribution in [1.29, 1.82) is 0 Å². The molecule has 0 fully saturated rings. The number of aromatic nitrogens is 1. The Labute approximate surface area is 73.1 Å². The highest BCUT2D eigenvalue weighted by Crippen LogP contribution is 1.92. The van der Waals surface area contributed by atoms with Crippen molar-refractivity contribution < 1.29 is 0 Å². The topological polar surface area (TPSA) is 15.8 Å². The predicted molar refractivity (Wildman–Crippen MR) is 52.0 cm³/mol. The molecule has 0 radical (unpaired) electrons. The van der Waals surface area contributed by atoms with Gasteiger partial charge in [-0.25, -0.2) is 0 Å². The van der Waals surface area contributed by atoms with Crippen molar-refractivity contribution in [1.82, 2.24) is 4.98 Å². The molecule has 62 valence electrons. The number of aryl methyl sites for hydroxylation is 1. The lowest BCUT2D eigenvalue weighted by Gasteiger charge is -1.82. The fourth-order valence-corrected chi connectivity index (χ4v) is 0.812. The van der Waals surface area contributed by atoms with Gasteiger partial charge in [-0.15, -0.1) is 0 Å². The van der Waals surface area contributed by atoms with Gasteiger partial charge in [0.2, 0.25) is 0 Å². The normalized spacial score (nSPS) is 8.42. The molecule has 12 heavy (non-hydrogen) atoms. The van der Waals surface area contributed by atoms with Crippen LogP contribution in [0, 0.1) is 6.92 Å². The second kappa shape index (κ2) is 5.19. The molecule has 2 aromatic rings. The molecule has 0 saturated heterocycles. The van der Waals surface area contributed by atoms with E-state index in [0.29, 0.717) is 0 Å². The van der Waals surface area contributed by atoms with Crippen molar-refractivity contribution in [2.24, 2.45) is 0 Å². The van der Waals surface area contributed by atoms with E-state index in [4.69, 9.17) is 0 Å². The minimum atomic E-state index is 1.32. The fourth-order valence-electron chi connectivity index (χ4n) is 0.812. The van der Waals surface area contributed by atoms with Crippen molar-refractivity contribution in [2.45, 2.75) is 6.92 Å². The molecule has 0 aliphatic rings. The Bertz CT molecular complexity index is 254. The van der Waals surface area contributed by atoms with Gasteiger partial charge in [-0.2, -0.15) is 0 Å². The third kappa shape index (κ3) is 3.62. The third-order valence-corrected chi connectivity index (χ3v) is 1.44. The number of aromatic amines is 1. The average Bonchev–Trinajstić information content (AvgIpc) is 2.62. The molecule has 0 aliphatic heterocycles. The van der Waals surface area contributed by atoms with E-state index in [1.807, 2.05) is 42.7 Å². The second-order valence-electron chi connectivity index (χ2n) is 2.54. The Balaban J connectivity index is 0.000000127. The smallest absolute Gasteiger partial charge is 0.000496 e. The van der Waals surface area contributed by atoms with Crippen LogP contribution in [-0.2, 0) is 0 Å². The van der Waals surface area contributed by atoms with Gasteiger partial charge in [0, 0.05) is 12.4 Å². The summed E-state index contributed by atoms with van der Waals surface area (Å²) in [5.74, 6) is 0. The summed E-state index contributed by atoms with van der Waals surface area (Å²) in [7, 11) is 0. The van der Waals surface area contributed by atoms with Crippen LogP contribution in [0.25, 0.3) is 0 Å². The quantitative estimate of drug-likeness (QED) is 0.608. The molecule has 1 heteroatoms. The zero-order valence-electron chi connectivity index (χ0n) is 7.20. The highest BCUT2D eigenvalue weighted by Gasteiger charge is 1.72. The summed E-state index contributed by atoms with van der Waals surface area (Å²) in [6, 6.07) is 14.2. The van der Waals surface area contributed by atoms with Gasteiger partial charge < -0.3 is 4.98 Å². The van der Waals surface area contributed by atoms with E-state index in [9.17, 15) is 0 Å². The van der Waals surface area contributed by atoms with E-state index in [1.54, 1.807) is 0 Å². The first-order valence-electron chi connectivity index (χ1n) is 3.99. The van der Waals surface area contributed by atoms with E-state index >= 15 is 0 Å². The van der Waals surface area contributed by atoms with Crippen molar-refractivity contribution in [3.63, 3.8) is 0 Å². The van der Waals surface area contributed by atoms with Gasteiger partial charge in [-0.1, -0.05) is 35.9 Å². The standard InChI is InChI=1S/C7H8.C4H5N/c1-7-5-3-2-4-6-7;1-2-4-5-3-1/h2-6H,1H3;1-5H. The summed E-state index contributed by atoms with van der Waals surface area (Å²) in [5.41, 5.74) is 1.32. The molecule has 1 aromatic carbocycles. The second-order valence-corrected chi connectivity index (χ2v) is 2.54. The fraction of sp³-hybridized carbons (Fsp3) is 0.0909. The Morgan fingerprint density at radius 2 is 1.42 bits per heavy atom. The van der Waals surface area contributed by atoms with E-state index in [-0.39, 0.29) is 0 Å². The molecule has 2 rings (SSSR count). The number of rotatable bonds is 0. The van der Waals surface area contributed by atoms with Gasteiger partial charge in [-0.3, -0.25) is 0 Å². The van der Waals surface area contributed by atoms with Gasteiger partial charge in [0.05, 0.1) is 0 Å². The number of hydrogen-bond acceptors (Lipinski definition) is 0. The van der Waals surface area contributed by atoms with Crippen LogP contribution in [0.5, 0.6) is 0 Å². The molecule has 1 heterocycles. The number of nitrogens with one attached hydrogen (secondary N) is 1. The van der Waals surface area contributed by atoms with Crippen LogP contribution in [-0.4, -0.2) is 4.98 Å². The minimum absolute atomic E-state index is 1.32. The summed E-state index contributed by atoms with van der Waals surface area (Å²) in [5, 5.41) is 0. The maximum Gasteiger partial charge on any atom is 0.000496 e. The monoisotopic (exact) mass is 159 g/mol. The van der Waals surface area contributed by atoms with E-state index in [2.05, 4.69) is 24.0 Å². The van der Waals surface area contributed by atoms with Crippen LogP contribution in [0.3, 0.4) is 0 Å². The molecule has 0 unspecified atom stereocenters. The highest BCUT2D eigenvalue weighted by atomic mass is 14.6. The lowest BCUT2D eigenvalue weighted by Crippen LogP contribution is -1.62. The molecule has 0 aliphatic carbocycles. The van der Waals surface area contributed by atoms with E-state index in [0.717, 1.165) is 0 Å². The summed E-state index contributed by atoms with van der Waals surface area (Å²) >= 11 is 0.